The summed E-state index contributed by atoms with van der Waals surface area (Å²) in [4.78, 5) is 31.4. The van der Waals surface area contributed by atoms with Gasteiger partial charge in [-0.15, -0.1) is 5.10 Å². The predicted molar refractivity (Wildman–Crippen MR) is 143 cm³/mol. The van der Waals surface area contributed by atoms with E-state index in [2.05, 4.69) is 15.2 Å². The Bertz CT molecular complexity index is 1620. The van der Waals surface area contributed by atoms with Gasteiger partial charge in [-0.2, -0.15) is 13.2 Å². The molecule has 1 saturated heterocycles. The van der Waals surface area contributed by atoms with Crippen LogP contribution in [0.4, 0.5) is 19.0 Å². The molecular weight excluding hydrogens is 567 g/mol. The van der Waals surface area contributed by atoms with E-state index in [1.54, 1.807) is 0 Å². The summed E-state index contributed by atoms with van der Waals surface area (Å²) in [7, 11) is -3.17. The van der Waals surface area contributed by atoms with Crippen molar-refractivity contribution < 1.29 is 31.1 Å². The zero-order valence-electron chi connectivity index (χ0n) is 23.4. The van der Waals surface area contributed by atoms with Crippen molar-refractivity contribution in [2.24, 2.45) is 18.4 Å². The third-order valence-corrected chi connectivity index (χ3v) is 8.33. The molecule has 1 amide bonds. The van der Waals surface area contributed by atoms with E-state index in [1.807, 2.05) is 30.4 Å². The average molecular weight is 600 g/mol. The lowest BCUT2D eigenvalue weighted by atomic mass is 9.94. The van der Waals surface area contributed by atoms with Crippen molar-refractivity contribution in [1.82, 2.24) is 29.3 Å². The van der Waals surface area contributed by atoms with Crippen LogP contribution in [0.15, 0.2) is 40.3 Å². The second kappa shape index (κ2) is 10.2. The number of hydrogen-bond acceptors (Lipinski definition) is 8. The topological polar surface area (TPSA) is 144 Å². The quantitative estimate of drug-likeness (QED) is 0.402. The number of amides is 1. The first kappa shape index (κ1) is 30.1. The van der Waals surface area contributed by atoms with Gasteiger partial charge in [-0.3, -0.25) is 14.3 Å². The first-order valence-electron chi connectivity index (χ1n) is 12.7. The Balaban J connectivity index is 1.68. The van der Waals surface area contributed by atoms with E-state index in [1.165, 1.54) is 36.1 Å². The molecule has 0 spiro atoms. The number of alkyl halides is 3. The SMILES string of the molecule is C[C@@H]1CN(c2nc(-n3ccc(OCC(C)(C)C(F)(F)F)n3)ccc2C(=O)NS(=O)(=O)c2c[nH]n(C)c2=O)C(C)(C)C1. The number of carbonyl (C=O) groups is 1. The van der Waals surface area contributed by atoms with E-state index in [4.69, 9.17) is 4.74 Å². The predicted octanol–water partition coefficient (Wildman–Crippen LogP) is 3.00. The summed E-state index contributed by atoms with van der Waals surface area (Å²) in [5.41, 5.74) is -3.43. The van der Waals surface area contributed by atoms with Crippen LogP contribution in [0.1, 0.15) is 51.4 Å². The van der Waals surface area contributed by atoms with Gasteiger partial charge in [0.2, 0.25) is 5.88 Å². The maximum Gasteiger partial charge on any atom is 0.397 e. The van der Waals surface area contributed by atoms with Crippen LogP contribution in [-0.2, 0) is 17.1 Å². The Hall–Kier alpha value is -3.82. The zero-order valence-corrected chi connectivity index (χ0v) is 24.2. The summed E-state index contributed by atoms with van der Waals surface area (Å²) in [6.45, 7) is 7.89. The van der Waals surface area contributed by atoms with Gasteiger partial charge < -0.3 is 14.7 Å². The van der Waals surface area contributed by atoms with Crippen LogP contribution < -0.4 is 19.9 Å². The zero-order chi connectivity index (χ0) is 30.5. The molecule has 0 aliphatic carbocycles. The van der Waals surface area contributed by atoms with E-state index in [0.717, 1.165) is 31.1 Å². The molecule has 0 bridgehead atoms. The second-order valence-electron chi connectivity index (χ2n) is 11.5. The van der Waals surface area contributed by atoms with Crippen LogP contribution in [0.3, 0.4) is 0 Å². The Kier molecular flexibility index (Phi) is 7.52. The standard InChI is InChI=1S/C25H32F3N7O5S/c1-15-11-24(4,5)34(13-15)20-16(21(36)32-41(38,39)17-12-29-33(6)22(17)37)7-8-18(30-20)35-10-9-19(31-35)40-14-23(2,3)25(26,27)28/h7-10,12,15,29H,11,13-14H2,1-6H3,(H,32,36)/t15-/m0/s1. The van der Waals surface area contributed by atoms with E-state index < -0.39 is 50.1 Å². The number of ether oxygens (including phenoxy) is 1. The van der Waals surface area contributed by atoms with Crippen LogP contribution in [0.2, 0.25) is 0 Å². The first-order valence-corrected chi connectivity index (χ1v) is 14.2. The molecule has 2 N–H and O–H groups in total. The number of pyridine rings is 1. The van der Waals surface area contributed by atoms with Crippen molar-refractivity contribution in [2.45, 2.75) is 57.7 Å². The van der Waals surface area contributed by atoms with Crippen molar-refractivity contribution in [3.8, 4) is 11.7 Å². The highest BCUT2D eigenvalue weighted by Gasteiger charge is 2.48. The van der Waals surface area contributed by atoms with Crippen LogP contribution in [-0.4, -0.2) is 63.7 Å². The number of nitrogens with zero attached hydrogens (tertiary/aromatic N) is 5. The molecular formula is C25H32F3N7O5S. The fourth-order valence-electron chi connectivity index (χ4n) is 4.62. The molecule has 224 valence electrons. The summed E-state index contributed by atoms with van der Waals surface area (Å²) in [6.07, 6.45) is -1.26. The third-order valence-electron chi connectivity index (χ3n) is 7.00. The molecule has 0 aromatic carbocycles. The van der Waals surface area contributed by atoms with Crippen LogP contribution in [0.25, 0.3) is 5.82 Å². The molecule has 12 nitrogen and oxygen atoms in total. The van der Waals surface area contributed by atoms with E-state index >= 15 is 0 Å². The van der Waals surface area contributed by atoms with Gasteiger partial charge in [0.25, 0.3) is 21.5 Å². The van der Waals surface area contributed by atoms with Crippen LogP contribution in [0, 0.1) is 11.3 Å². The third kappa shape index (κ3) is 5.96. The van der Waals surface area contributed by atoms with Crippen LogP contribution >= 0.6 is 0 Å². The molecule has 1 atom stereocenters. The minimum atomic E-state index is -4.51. The molecule has 1 aliphatic heterocycles. The first-order chi connectivity index (χ1) is 18.8. The molecule has 3 aromatic heterocycles. The number of aryl methyl sites for hydroxylation is 1. The normalized spacial score (nSPS) is 17.6. The van der Waals surface area contributed by atoms with Crippen molar-refractivity contribution in [3.63, 3.8) is 0 Å². The minimum Gasteiger partial charge on any atom is -0.476 e. The van der Waals surface area contributed by atoms with Crippen molar-refractivity contribution in [1.29, 1.82) is 0 Å². The Labute approximate surface area is 234 Å². The van der Waals surface area contributed by atoms with Gasteiger partial charge in [0.1, 0.15) is 12.4 Å². The Morgan fingerprint density at radius 1 is 1.24 bits per heavy atom. The lowest BCUT2D eigenvalue weighted by Crippen LogP contribution is -2.41. The fraction of sp³-hybridized carbons (Fsp3) is 0.520. The molecule has 3 aromatic rings. The number of carbonyl (C=O) groups excluding carboxylic acids is 1. The molecule has 0 radical (unpaired) electrons. The van der Waals surface area contributed by atoms with Gasteiger partial charge in [-0.25, -0.2) is 22.8 Å². The number of halogens is 3. The number of H-pyrrole nitrogens is 1. The number of nitrogens with one attached hydrogen (secondary N) is 2. The highest BCUT2D eigenvalue weighted by molar-refractivity contribution is 7.90. The summed E-state index contributed by atoms with van der Waals surface area (Å²) in [6, 6.07) is 4.19. The highest BCUT2D eigenvalue weighted by atomic mass is 32.2. The number of hydrogen-bond donors (Lipinski definition) is 2. The van der Waals surface area contributed by atoms with Crippen LogP contribution in [0.5, 0.6) is 5.88 Å². The molecule has 1 fully saturated rings. The number of rotatable bonds is 8. The van der Waals surface area contributed by atoms with Crippen molar-refractivity contribution in [3.05, 3.63) is 46.5 Å². The summed E-state index contributed by atoms with van der Waals surface area (Å²) < 4.78 is 74.8. The largest absolute Gasteiger partial charge is 0.476 e. The van der Waals surface area contributed by atoms with Gasteiger partial charge in [-0.1, -0.05) is 6.92 Å². The average Bonchev–Trinajstić information content (AvgIpc) is 3.53. The van der Waals surface area contributed by atoms with Gasteiger partial charge in [0.15, 0.2) is 10.7 Å². The van der Waals surface area contributed by atoms with E-state index in [0.29, 0.717) is 6.54 Å². The van der Waals surface area contributed by atoms with Crippen molar-refractivity contribution in [2.75, 3.05) is 18.1 Å². The molecule has 4 heterocycles. The number of sulfonamides is 1. The smallest absolute Gasteiger partial charge is 0.397 e. The number of aromatic amines is 1. The summed E-state index contributed by atoms with van der Waals surface area (Å²) >= 11 is 0. The van der Waals surface area contributed by atoms with E-state index in [9.17, 15) is 31.2 Å². The van der Waals surface area contributed by atoms with E-state index in [-0.39, 0.29) is 29.0 Å². The molecule has 0 unspecified atom stereocenters. The maximum absolute atomic E-state index is 13.3. The lowest BCUT2D eigenvalue weighted by molar-refractivity contribution is -0.219. The lowest BCUT2D eigenvalue weighted by Gasteiger charge is -2.34. The van der Waals surface area contributed by atoms with Gasteiger partial charge in [0, 0.05) is 37.6 Å². The summed E-state index contributed by atoms with van der Waals surface area (Å²) in [5.74, 6) is -0.403. The highest BCUT2D eigenvalue weighted by Crippen LogP contribution is 2.39. The number of anilines is 1. The molecule has 41 heavy (non-hydrogen) atoms. The summed E-state index contributed by atoms with van der Waals surface area (Å²) in [5, 5.41) is 6.64. The second-order valence-corrected chi connectivity index (χ2v) is 13.1. The fourth-order valence-corrected chi connectivity index (χ4v) is 5.66. The monoisotopic (exact) mass is 599 g/mol. The maximum atomic E-state index is 13.3. The van der Waals surface area contributed by atoms with Crippen molar-refractivity contribution >= 4 is 21.7 Å². The molecule has 1 aliphatic rings. The Morgan fingerprint density at radius 2 is 1.93 bits per heavy atom. The number of aromatic nitrogens is 5. The Morgan fingerprint density at radius 3 is 2.49 bits per heavy atom. The van der Waals surface area contributed by atoms with Gasteiger partial charge >= 0.3 is 6.18 Å². The minimum absolute atomic E-state index is 0.0533. The van der Waals surface area contributed by atoms with Gasteiger partial charge in [-0.05, 0) is 52.2 Å². The molecule has 16 heteroatoms. The molecule has 4 rings (SSSR count). The van der Waals surface area contributed by atoms with Gasteiger partial charge in [0.05, 0.1) is 11.0 Å². The molecule has 0 saturated carbocycles.